The molecule has 0 saturated carbocycles. The van der Waals surface area contributed by atoms with Crippen LogP contribution < -0.4 is 9.61 Å². The molecular weight excluding hydrogens is 234 g/mol. The third-order valence-electron chi connectivity index (χ3n) is 2.68. The highest BCUT2D eigenvalue weighted by Crippen LogP contribution is 2.30. The third-order valence-corrected chi connectivity index (χ3v) is 3.35. The highest BCUT2D eigenvalue weighted by molar-refractivity contribution is 7.07. The second kappa shape index (κ2) is 4.75. The van der Waals surface area contributed by atoms with E-state index in [0.29, 0.717) is 5.92 Å². The number of nitrogens with one attached hydrogen (secondary N) is 1. The predicted molar refractivity (Wildman–Crippen MR) is 71.0 cm³/mol. The molecule has 0 aliphatic rings. The van der Waals surface area contributed by atoms with Crippen LogP contribution in [0.2, 0.25) is 0 Å². The molecule has 1 N–H and O–H groups in total. The van der Waals surface area contributed by atoms with Gasteiger partial charge in [0.05, 0.1) is 12.8 Å². The highest BCUT2D eigenvalue weighted by Gasteiger charge is 2.10. The summed E-state index contributed by atoms with van der Waals surface area (Å²) < 4.78 is 5.33. The SMILES string of the molecule is COc1ccc(-c2csc(=O)[nH]2)cc1C(C)C. The second-order valence-electron chi connectivity index (χ2n) is 4.17. The van der Waals surface area contributed by atoms with Crippen molar-refractivity contribution in [2.24, 2.45) is 0 Å². The van der Waals surface area contributed by atoms with Crippen molar-refractivity contribution in [1.29, 1.82) is 0 Å². The largest absolute Gasteiger partial charge is 0.496 e. The summed E-state index contributed by atoms with van der Waals surface area (Å²) in [7, 11) is 1.67. The topological polar surface area (TPSA) is 42.1 Å². The smallest absolute Gasteiger partial charge is 0.304 e. The summed E-state index contributed by atoms with van der Waals surface area (Å²) in [4.78, 5) is 13.9. The van der Waals surface area contributed by atoms with Crippen LogP contribution in [0.1, 0.15) is 25.3 Å². The highest BCUT2D eigenvalue weighted by atomic mass is 32.1. The molecular formula is C13H15NO2S. The fourth-order valence-corrected chi connectivity index (χ4v) is 2.36. The molecule has 90 valence electrons. The number of aromatic nitrogens is 1. The lowest BCUT2D eigenvalue weighted by Crippen LogP contribution is -1.96. The second-order valence-corrected chi connectivity index (χ2v) is 5.02. The summed E-state index contributed by atoms with van der Waals surface area (Å²) in [5.74, 6) is 1.27. The van der Waals surface area contributed by atoms with E-state index in [1.54, 1.807) is 7.11 Å². The molecule has 0 unspecified atom stereocenters. The Balaban J connectivity index is 2.50. The van der Waals surface area contributed by atoms with Crippen LogP contribution in [0.15, 0.2) is 28.4 Å². The summed E-state index contributed by atoms with van der Waals surface area (Å²) in [5, 5.41) is 1.84. The number of hydrogen-bond donors (Lipinski definition) is 1. The van der Waals surface area contributed by atoms with Crippen molar-refractivity contribution >= 4 is 11.3 Å². The summed E-state index contributed by atoms with van der Waals surface area (Å²) in [6.07, 6.45) is 0. The van der Waals surface area contributed by atoms with Gasteiger partial charge in [0.1, 0.15) is 5.75 Å². The first kappa shape index (κ1) is 11.9. The van der Waals surface area contributed by atoms with Crippen molar-refractivity contribution in [1.82, 2.24) is 4.98 Å². The van der Waals surface area contributed by atoms with Gasteiger partial charge in [0.15, 0.2) is 0 Å². The third kappa shape index (κ3) is 2.42. The van der Waals surface area contributed by atoms with Gasteiger partial charge in [0.2, 0.25) is 0 Å². The number of aromatic amines is 1. The van der Waals surface area contributed by atoms with Crippen LogP contribution in [-0.4, -0.2) is 12.1 Å². The van der Waals surface area contributed by atoms with Crippen molar-refractivity contribution in [3.05, 3.63) is 38.8 Å². The van der Waals surface area contributed by atoms with Gasteiger partial charge in [-0.15, -0.1) is 0 Å². The van der Waals surface area contributed by atoms with E-state index >= 15 is 0 Å². The maximum atomic E-state index is 11.1. The van der Waals surface area contributed by atoms with Gasteiger partial charge < -0.3 is 9.72 Å². The van der Waals surface area contributed by atoms with Gasteiger partial charge in [-0.2, -0.15) is 0 Å². The fourth-order valence-electron chi connectivity index (χ4n) is 1.77. The average molecular weight is 249 g/mol. The first-order valence-electron chi connectivity index (χ1n) is 5.48. The minimum absolute atomic E-state index is 0.0260. The molecule has 1 aromatic carbocycles. The van der Waals surface area contributed by atoms with Gasteiger partial charge >= 0.3 is 4.87 Å². The van der Waals surface area contributed by atoms with E-state index in [0.717, 1.165) is 22.6 Å². The zero-order valence-corrected chi connectivity index (χ0v) is 10.9. The number of H-pyrrole nitrogens is 1. The summed E-state index contributed by atoms with van der Waals surface area (Å²) in [6.45, 7) is 4.25. The summed E-state index contributed by atoms with van der Waals surface area (Å²) >= 11 is 1.18. The van der Waals surface area contributed by atoms with Gasteiger partial charge in [-0.05, 0) is 35.2 Å². The Morgan fingerprint density at radius 3 is 2.65 bits per heavy atom. The summed E-state index contributed by atoms with van der Waals surface area (Å²) in [5.41, 5.74) is 3.04. The van der Waals surface area contributed by atoms with Crippen LogP contribution in [0.25, 0.3) is 11.3 Å². The molecule has 17 heavy (non-hydrogen) atoms. The van der Waals surface area contributed by atoms with E-state index in [9.17, 15) is 4.79 Å². The lowest BCUT2D eigenvalue weighted by Gasteiger charge is -2.12. The minimum atomic E-state index is -0.0260. The van der Waals surface area contributed by atoms with Crippen molar-refractivity contribution in [3.63, 3.8) is 0 Å². The Labute approximate surface area is 104 Å². The van der Waals surface area contributed by atoms with Crippen LogP contribution in [0.3, 0.4) is 0 Å². The number of hydrogen-bond acceptors (Lipinski definition) is 3. The number of thiazole rings is 1. The van der Waals surface area contributed by atoms with Crippen LogP contribution >= 0.6 is 11.3 Å². The Hall–Kier alpha value is -1.55. The Bertz CT molecular complexity index is 569. The van der Waals surface area contributed by atoms with Gasteiger partial charge in [-0.3, -0.25) is 4.79 Å². The summed E-state index contributed by atoms with van der Waals surface area (Å²) in [6, 6.07) is 5.98. The molecule has 1 aromatic heterocycles. The van der Waals surface area contributed by atoms with Crippen molar-refractivity contribution in [2.45, 2.75) is 19.8 Å². The maximum absolute atomic E-state index is 11.1. The minimum Gasteiger partial charge on any atom is -0.496 e. The average Bonchev–Trinajstić information content (AvgIpc) is 2.75. The normalized spacial score (nSPS) is 10.8. The van der Waals surface area contributed by atoms with Crippen molar-refractivity contribution in [2.75, 3.05) is 7.11 Å². The quantitative estimate of drug-likeness (QED) is 0.907. The molecule has 2 aromatic rings. The Morgan fingerprint density at radius 2 is 2.12 bits per heavy atom. The Kier molecular flexibility index (Phi) is 3.33. The number of ether oxygens (including phenoxy) is 1. The van der Waals surface area contributed by atoms with Crippen molar-refractivity contribution in [3.8, 4) is 17.0 Å². The number of methoxy groups -OCH3 is 1. The molecule has 0 aliphatic carbocycles. The van der Waals surface area contributed by atoms with E-state index in [1.807, 2.05) is 17.5 Å². The molecule has 0 bridgehead atoms. The predicted octanol–water partition coefficient (Wildman–Crippen LogP) is 3.24. The van der Waals surface area contributed by atoms with E-state index in [-0.39, 0.29) is 4.87 Å². The molecule has 2 rings (SSSR count). The number of rotatable bonds is 3. The zero-order chi connectivity index (χ0) is 12.4. The Morgan fingerprint density at radius 1 is 1.35 bits per heavy atom. The monoisotopic (exact) mass is 249 g/mol. The van der Waals surface area contributed by atoms with E-state index in [2.05, 4.69) is 24.9 Å². The first-order valence-corrected chi connectivity index (χ1v) is 6.36. The van der Waals surface area contributed by atoms with Crippen LogP contribution in [0.4, 0.5) is 0 Å². The number of benzene rings is 1. The molecule has 0 fully saturated rings. The van der Waals surface area contributed by atoms with Gasteiger partial charge in [0, 0.05) is 5.38 Å². The maximum Gasteiger partial charge on any atom is 0.304 e. The molecule has 0 radical (unpaired) electrons. The van der Waals surface area contributed by atoms with E-state index < -0.39 is 0 Å². The van der Waals surface area contributed by atoms with Gasteiger partial charge in [-0.1, -0.05) is 25.2 Å². The lowest BCUT2D eigenvalue weighted by molar-refractivity contribution is 0.407. The van der Waals surface area contributed by atoms with Gasteiger partial charge in [0.25, 0.3) is 0 Å². The van der Waals surface area contributed by atoms with E-state index in [1.165, 1.54) is 11.3 Å². The molecule has 0 spiro atoms. The molecule has 0 atom stereocenters. The van der Waals surface area contributed by atoms with Crippen LogP contribution in [0.5, 0.6) is 5.75 Å². The lowest BCUT2D eigenvalue weighted by atomic mass is 9.99. The molecule has 1 heterocycles. The van der Waals surface area contributed by atoms with Crippen LogP contribution in [-0.2, 0) is 0 Å². The molecule has 4 heteroatoms. The zero-order valence-electron chi connectivity index (χ0n) is 10.1. The first-order chi connectivity index (χ1) is 8.11. The molecule has 3 nitrogen and oxygen atoms in total. The van der Waals surface area contributed by atoms with Crippen molar-refractivity contribution < 1.29 is 4.74 Å². The van der Waals surface area contributed by atoms with Crippen LogP contribution in [0, 0.1) is 0 Å². The fraction of sp³-hybridized carbons (Fsp3) is 0.308. The molecule has 0 amide bonds. The molecule has 0 aliphatic heterocycles. The molecule has 0 saturated heterocycles. The van der Waals surface area contributed by atoms with E-state index in [4.69, 9.17) is 4.74 Å². The standard InChI is InChI=1S/C13H15NO2S/c1-8(2)10-6-9(4-5-12(10)16-3)11-7-17-13(15)14-11/h4-8H,1-3H3,(H,14,15). The van der Waals surface area contributed by atoms with Gasteiger partial charge in [-0.25, -0.2) is 0 Å².